The van der Waals surface area contributed by atoms with E-state index < -0.39 is 39.9 Å². The van der Waals surface area contributed by atoms with E-state index in [1.807, 2.05) is 48.5 Å². The standard InChI is InChI=1S/C24H24N2O7S/c27-22(28)10-9-21(23(29)25-15-11-12-34(31,32)14-15)26-24(30)33-13-20-18-7-3-1-5-16(18)17-6-2-4-8-19(17)20/h1-8,11-12,15,20-21H,9-10,13-14H2,(H,25,29)(H,26,30)(H,27,28). The molecule has 0 radical (unpaired) electrons. The average Bonchev–Trinajstić information content (AvgIpc) is 3.31. The molecule has 10 heteroatoms. The first-order valence-corrected chi connectivity index (χ1v) is 12.5. The topological polar surface area (TPSA) is 139 Å². The molecule has 9 nitrogen and oxygen atoms in total. The smallest absolute Gasteiger partial charge is 0.407 e. The van der Waals surface area contributed by atoms with Crippen LogP contribution in [0.25, 0.3) is 11.1 Å². The van der Waals surface area contributed by atoms with Crippen molar-refractivity contribution in [3.63, 3.8) is 0 Å². The third-order valence-electron chi connectivity index (χ3n) is 5.86. The number of carbonyl (C=O) groups is 3. The fourth-order valence-electron chi connectivity index (χ4n) is 4.27. The number of carboxylic acids is 1. The van der Waals surface area contributed by atoms with Gasteiger partial charge < -0.3 is 20.5 Å². The van der Waals surface area contributed by atoms with Gasteiger partial charge in [0.1, 0.15) is 12.6 Å². The molecule has 0 saturated heterocycles. The zero-order valence-electron chi connectivity index (χ0n) is 18.1. The van der Waals surface area contributed by atoms with Gasteiger partial charge in [0.05, 0.1) is 11.8 Å². The zero-order chi connectivity index (χ0) is 24.3. The summed E-state index contributed by atoms with van der Waals surface area (Å²) in [6.45, 7) is 0.0384. The van der Waals surface area contributed by atoms with E-state index in [9.17, 15) is 22.8 Å². The van der Waals surface area contributed by atoms with Gasteiger partial charge in [0, 0.05) is 17.7 Å². The van der Waals surface area contributed by atoms with Crippen LogP contribution in [0, 0.1) is 0 Å². The molecule has 2 amide bonds. The number of benzene rings is 2. The summed E-state index contributed by atoms with van der Waals surface area (Å²) in [7, 11) is -3.38. The van der Waals surface area contributed by atoms with Gasteiger partial charge in [0.2, 0.25) is 5.91 Å². The summed E-state index contributed by atoms with van der Waals surface area (Å²) in [5, 5.41) is 15.0. The van der Waals surface area contributed by atoms with Gasteiger partial charge in [-0.2, -0.15) is 0 Å². The number of nitrogens with one attached hydrogen (secondary N) is 2. The molecule has 4 rings (SSSR count). The molecule has 1 aliphatic heterocycles. The minimum atomic E-state index is -3.38. The minimum absolute atomic E-state index is 0.0384. The van der Waals surface area contributed by atoms with Crippen LogP contribution in [0.1, 0.15) is 29.9 Å². The molecule has 34 heavy (non-hydrogen) atoms. The molecule has 178 valence electrons. The first-order chi connectivity index (χ1) is 16.2. The van der Waals surface area contributed by atoms with E-state index >= 15 is 0 Å². The number of aliphatic carboxylic acids is 1. The normalized spacial score (nSPS) is 18.5. The number of sulfone groups is 1. The van der Waals surface area contributed by atoms with Crippen LogP contribution in [0.15, 0.2) is 60.0 Å². The van der Waals surface area contributed by atoms with Gasteiger partial charge in [0.25, 0.3) is 0 Å². The van der Waals surface area contributed by atoms with Gasteiger partial charge in [-0.05, 0) is 34.8 Å². The summed E-state index contributed by atoms with van der Waals surface area (Å²) < 4.78 is 28.6. The van der Waals surface area contributed by atoms with Crippen LogP contribution >= 0.6 is 0 Å². The Balaban J connectivity index is 1.40. The van der Waals surface area contributed by atoms with E-state index in [2.05, 4.69) is 10.6 Å². The molecule has 2 unspecified atom stereocenters. The summed E-state index contributed by atoms with van der Waals surface area (Å²) in [6, 6.07) is 13.8. The van der Waals surface area contributed by atoms with Gasteiger partial charge in [-0.1, -0.05) is 48.5 Å². The van der Waals surface area contributed by atoms with Crippen LogP contribution in [0.5, 0.6) is 0 Å². The number of carboxylic acid groups (broad SMARTS) is 1. The number of ether oxygens (including phenoxy) is 1. The van der Waals surface area contributed by atoms with E-state index in [4.69, 9.17) is 9.84 Å². The van der Waals surface area contributed by atoms with Crippen LogP contribution in [-0.2, 0) is 24.2 Å². The second kappa shape index (κ2) is 9.68. The van der Waals surface area contributed by atoms with Gasteiger partial charge >= 0.3 is 12.1 Å². The third-order valence-corrected chi connectivity index (χ3v) is 7.25. The SMILES string of the molecule is O=C(O)CCC(NC(=O)OCC1c2ccccc2-c2ccccc21)C(=O)NC1C=CS(=O)(=O)C1. The maximum absolute atomic E-state index is 12.6. The maximum Gasteiger partial charge on any atom is 0.407 e. The predicted molar refractivity (Wildman–Crippen MR) is 124 cm³/mol. The number of fused-ring (bicyclic) bond motifs is 3. The lowest BCUT2D eigenvalue weighted by atomic mass is 9.98. The lowest BCUT2D eigenvalue weighted by Gasteiger charge is -2.20. The highest BCUT2D eigenvalue weighted by Crippen LogP contribution is 2.44. The van der Waals surface area contributed by atoms with Crippen molar-refractivity contribution < 1.29 is 32.6 Å². The first-order valence-electron chi connectivity index (χ1n) is 10.8. The second-order valence-electron chi connectivity index (χ2n) is 8.23. The molecule has 0 fully saturated rings. The van der Waals surface area contributed by atoms with Crippen LogP contribution in [0.2, 0.25) is 0 Å². The Kier molecular flexibility index (Phi) is 6.69. The number of rotatable bonds is 8. The molecule has 0 saturated carbocycles. The van der Waals surface area contributed by atoms with E-state index in [0.717, 1.165) is 27.7 Å². The Morgan fingerprint density at radius 1 is 1.03 bits per heavy atom. The summed E-state index contributed by atoms with van der Waals surface area (Å²) in [4.78, 5) is 36.2. The van der Waals surface area contributed by atoms with Gasteiger partial charge in [-0.25, -0.2) is 13.2 Å². The van der Waals surface area contributed by atoms with Crippen molar-refractivity contribution in [2.24, 2.45) is 0 Å². The maximum atomic E-state index is 12.6. The molecule has 2 aliphatic rings. The molecule has 2 atom stereocenters. The third kappa shape index (κ3) is 5.28. The zero-order valence-corrected chi connectivity index (χ0v) is 19.0. The van der Waals surface area contributed by atoms with Crippen molar-refractivity contribution in [3.8, 4) is 11.1 Å². The summed E-state index contributed by atoms with van der Waals surface area (Å²) in [6.07, 6.45) is -0.0499. The number of hydrogen-bond acceptors (Lipinski definition) is 6. The second-order valence-corrected chi connectivity index (χ2v) is 10.2. The molecule has 3 N–H and O–H groups in total. The Hall–Kier alpha value is -3.66. The van der Waals surface area contributed by atoms with Crippen molar-refractivity contribution in [2.75, 3.05) is 12.4 Å². The highest BCUT2D eigenvalue weighted by molar-refractivity contribution is 7.94. The van der Waals surface area contributed by atoms with E-state index in [1.165, 1.54) is 6.08 Å². The quantitative estimate of drug-likeness (QED) is 0.522. The Morgan fingerprint density at radius 3 is 2.21 bits per heavy atom. The van der Waals surface area contributed by atoms with Crippen LogP contribution in [0.4, 0.5) is 4.79 Å². The van der Waals surface area contributed by atoms with Crippen LogP contribution in [0.3, 0.4) is 0 Å². The largest absolute Gasteiger partial charge is 0.481 e. The molecule has 0 bridgehead atoms. The number of carbonyl (C=O) groups excluding carboxylic acids is 2. The fourth-order valence-corrected chi connectivity index (χ4v) is 5.50. The molecular formula is C24H24N2O7S. The number of alkyl carbamates (subject to hydrolysis) is 1. The minimum Gasteiger partial charge on any atom is -0.481 e. The highest BCUT2D eigenvalue weighted by Gasteiger charge is 2.31. The molecule has 1 heterocycles. The van der Waals surface area contributed by atoms with Gasteiger partial charge in [-0.15, -0.1) is 0 Å². The fraction of sp³-hybridized carbons (Fsp3) is 0.292. The summed E-state index contributed by atoms with van der Waals surface area (Å²) in [5.41, 5.74) is 4.22. The van der Waals surface area contributed by atoms with Crippen molar-refractivity contribution in [1.82, 2.24) is 10.6 Å². The molecule has 2 aromatic carbocycles. The van der Waals surface area contributed by atoms with Crippen molar-refractivity contribution in [2.45, 2.75) is 30.8 Å². The van der Waals surface area contributed by atoms with Crippen molar-refractivity contribution in [3.05, 3.63) is 71.1 Å². The lowest BCUT2D eigenvalue weighted by molar-refractivity contribution is -0.137. The molecular weight excluding hydrogens is 460 g/mol. The first kappa shape index (κ1) is 23.5. The molecule has 0 spiro atoms. The summed E-state index contributed by atoms with van der Waals surface area (Å²) >= 11 is 0. The highest BCUT2D eigenvalue weighted by atomic mass is 32.2. The van der Waals surface area contributed by atoms with Crippen LogP contribution < -0.4 is 10.6 Å². The van der Waals surface area contributed by atoms with Crippen molar-refractivity contribution >= 4 is 27.8 Å². The predicted octanol–water partition coefficient (Wildman–Crippen LogP) is 2.19. The molecule has 2 aromatic rings. The Labute approximate surface area is 196 Å². The van der Waals surface area contributed by atoms with Gasteiger partial charge in [-0.3, -0.25) is 9.59 Å². The van der Waals surface area contributed by atoms with E-state index in [1.54, 1.807) is 0 Å². The summed E-state index contributed by atoms with van der Waals surface area (Å²) in [5.74, 6) is -2.26. The van der Waals surface area contributed by atoms with Gasteiger partial charge in [0.15, 0.2) is 9.84 Å². The van der Waals surface area contributed by atoms with Crippen LogP contribution in [-0.4, -0.2) is 55.9 Å². The Bertz CT molecular complexity index is 1210. The lowest BCUT2D eigenvalue weighted by Crippen LogP contribution is -2.50. The van der Waals surface area contributed by atoms with E-state index in [0.29, 0.717) is 0 Å². The number of hydrogen-bond donors (Lipinski definition) is 3. The number of amides is 2. The molecule has 0 aromatic heterocycles. The van der Waals surface area contributed by atoms with Crippen molar-refractivity contribution in [1.29, 1.82) is 0 Å². The Morgan fingerprint density at radius 2 is 1.65 bits per heavy atom. The monoisotopic (exact) mass is 484 g/mol. The molecule has 1 aliphatic carbocycles. The average molecular weight is 485 g/mol. The van der Waals surface area contributed by atoms with E-state index in [-0.39, 0.29) is 31.1 Å².